The summed E-state index contributed by atoms with van der Waals surface area (Å²) in [7, 11) is 0. The summed E-state index contributed by atoms with van der Waals surface area (Å²) in [6, 6.07) is 7.39. The number of hydrogen-bond acceptors (Lipinski definition) is 3. The molecule has 1 heterocycles. The van der Waals surface area contributed by atoms with Crippen molar-refractivity contribution in [2.75, 3.05) is 0 Å². The number of nitrogens with zero attached hydrogens (tertiary/aromatic N) is 2. The van der Waals surface area contributed by atoms with E-state index in [0.29, 0.717) is 12.1 Å². The number of carbonyl (C=O) groups excluding carboxylic acids is 2. The number of imide groups is 1. The lowest BCUT2D eigenvalue weighted by atomic mass is 10.1. The lowest BCUT2D eigenvalue weighted by Crippen LogP contribution is -2.32. The van der Waals surface area contributed by atoms with Crippen LogP contribution in [0.4, 0.5) is 0 Å². The molecule has 1 saturated carbocycles. The van der Waals surface area contributed by atoms with Crippen LogP contribution in [0.1, 0.15) is 23.1 Å². The van der Waals surface area contributed by atoms with Crippen LogP contribution in [-0.4, -0.2) is 16.7 Å². The van der Waals surface area contributed by atoms with Gasteiger partial charge in [0.2, 0.25) is 11.8 Å². The summed E-state index contributed by atoms with van der Waals surface area (Å²) < 4.78 is 0. The molecule has 1 aliphatic heterocycles. The number of carbonyl (C=O) groups is 2. The molecule has 1 aromatic carbocycles. The molecule has 4 nitrogen and oxygen atoms in total. The van der Waals surface area contributed by atoms with Gasteiger partial charge in [0.1, 0.15) is 0 Å². The molecule has 0 spiro atoms. The van der Waals surface area contributed by atoms with Gasteiger partial charge in [-0.25, -0.2) is 0 Å². The molecular formula is C14H12N2O2. The normalized spacial score (nSPS) is 25.0. The summed E-state index contributed by atoms with van der Waals surface area (Å²) in [6.45, 7) is 2.23. The minimum Gasteiger partial charge on any atom is -0.278 e. The molecule has 1 aliphatic carbocycles. The molecule has 1 aromatic rings. The van der Waals surface area contributed by atoms with Gasteiger partial charge in [0.25, 0.3) is 0 Å². The Morgan fingerprint density at radius 2 is 2.00 bits per heavy atom. The van der Waals surface area contributed by atoms with Crippen molar-refractivity contribution in [3.8, 4) is 6.07 Å². The van der Waals surface area contributed by atoms with Crippen LogP contribution < -0.4 is 0 Å². The number of amides is 2. The second kappa shape index (κ2) is 3.67. The van der Waals surface area contributed by atoms with Crippen molar-refractivity contribution in [2.45, 2.75) is 19.9 Å². The third-order valence-corrected chi connectivity index (χ3v) is 3.76. The second-order valence-corrected chi connectivity index (χ2v) is 4.96. The zero-order valence-corrected chi connectivity index (χ0v) is 10.0. The number of piperidine rings is 1. The van der Waals surface area contributed by atoms with E-state index < -0.39 is 0 Å². The van der Waals surface area contributed by atoms with Gasteiger partial charge < -0.3 is 0 Å². The van der Waals surface area contributed by atoms with Gasteiger partial charge in [0.05, 0.1) is 30.0 Å². The first-order chi connectivity index (χ1) is 8.61. The van der Waals surface area contributed by atoms with Gasteiger partial charge in [0, 0.05) is 0 Å². The third kappa shape index (κ3) is 1.52. The quantitative estimate of drug-likeness (QED) is 0.733. The Labute approximate surface area is 105 Å². The summed E-state index contributed by atoms with van der Waals surface area (Å²) in [5.41, 5.74) is 2.46. The third-order valence-electron chi connectivity index (χ3n) is 3.76. The summed E-state index contributed by atoms with van der Waals surface area (Å²) in [4.78, 5) is 25.1. The highest BCUT2D eigenvalue weighted by Crippen LogP contribution is 2.47. The number of benzene rings is 1. The van der Waals surface area contributed by atoms with Gasteiger partial charge in [-0.05, 0) is 36.6 Å². The summed E-state index contributed by atoms with van der Waals surface area (Å²) in [5.74, 6) is -0.158. The predicted octanol–water partition coefficient (Wildman–Crippen LogP) is 1.37. The van der Waals surface area contributed by atoms with Crippen molar-refractivity contribution in [1.29, 1.82) is 5.26 Å². The highest BCUT2D eigenvalue weighted by Gasteiger charge is 2.58. The Hall–Kier alpha value is -2.15. The molecular weight excluding hydrogens is 228 g/mol. The van der Waals surface area contributed by atoms with Crippen molar-refractivity contribution in [3.05, 3.63) is 34.9 Å². The number of fused-ring (bicyclic) bond motifs is 1. The minimum atomic E-state index is -0.0452. The molecule has 3 rings (SSSR count). The van der Waals surface area contributed by atoms with Gasteiger partial charge in [-0.2, -0.15) is 5.26 Å². The SMILES string of the molecule is Cc1cc(C#N)ccc1CN1C(=O)C2CC2C1=O. The van der Waals surface area contributed by atoms with Gasteiger partial charge >= 0.3 is 0 Å². The summed E-state index contributed by atoms with van der Waals surface area (Å²) >= 11 is 0. The fourth-order valence-corrected chi connectivity index (χ4v) is 2.52. The average molecular weight is 240 g/mol. The average Bonchev–Trinajstić information content (AvgIpc) is 3.11. The lowest BCUT2D eigenvalue weighted by molar-refractivity contribution is -0.142. The molecule has 0 bridgehead atoms. The molecule has 4 heteroatoms. The first-order valence-corrected chi connectivity index (χ1v) is 5.96. The largest absolute Gasteiger partial charge is 0.278 e. The first-order valence-electron chi connectivity index (χ1n) is 5.96. The number of hydrogen-bond donors (Lipinski definition) is 0. The lowest BCUT2D eigenvalue weighted by Gasteiger charge is -2.17. The zero-order chi connectivity index (χ0) is 12.9. The maximum atomic E-state index is 11.8. The van der Waals surface area contributed by atoms with Crippen molar-refractivity contribution < 1.29 is 9.59 Å². The molecule has 2 amide bonds. The molecule has 0 radical (unpaired) electrons. The van der Waals surface area contributed by atoms with E-state index in [0.717, 1.165) is 17.5 Å². The highest BCUT2D eigenvalue weighted by atomic mass is 16.2. The molecule has 1 saturated heterocycles. The van der Waals surface area contributed by atoms with Crippen LogP contribution in [0.2, 0.25) is 0 Å². The Bertz CT molecular complexity index is 580. The maximum absolute atomic E-state index is 11.8. The van der Waals surface area contributed by atoms with Crippen LogP contribution in [0.3, 0.4) is 0 Å². The molecule has 0 N–H and O–H groups in total. The fraction of sp³-hybridized carbons (Fsp3) is 0.357. The van der Waals surface area contributed by atoms with Gasteiger partial charge in [-0.3, -0.25) is 14.5 Å². The van der Waals surface area contributed by atoms with E-state index in [1.807, 2.05) is 13.0 Å². The van der Waals surface area contributed by atoms with Gasteiger partial charge in [-0.1, -0.05) is 6.07 Å². The number of aryl methyl sites for hydroxylation is 1. The van der Waals surface area contributed by atoms with Crippen LogP contribution >= 0.6 is 0 Å². The van der Waals surface area contributed by atoms with E-state index in [4.69, 9.17) is 5.26 Å². The van der Waals surface area contributed by atoms with Crippen LogP contribution in [0.5, 0.6) is 0 Å². The van der Waals surface area contributed by atoms with Gasteiger partial charge in [0.15, 0.2) is 0 Å². The minimum absolute atomic E-state index is 0.0336. The standard InChI is InChI=1S/C14H12N2O2/c1-8-4-9(6-15)2-3-10(8)7-16-13(17)11-5-12(11)14(16)18/h2-4,11-12H,5,7H2,1H3. The first kappa shape index (κ1) is 11.0. The van der Waals surface area contributed by atoms with Crippen molar-refractivity contribution in [3.63, 3.8) is 0 Å². The van der Waals surface area contributed by atoms with E-state index >= 15 is 0 Å². The fourth-order valence-electron chi connectivity index (χ4n) is 2.52. The van der Waals surface area contributed by atoms with Crippen LogP contribution in [0.15, 0.2) is 18.2 Å². The van der Waals surface area contributed by atoms with E-state index in [2.05, 4.69) is 6.07 Å². The van der Waals surface area contributed by atoms with Gasteiger partial charge in [-0.15, -0.1) is 0 Å². The molecule has 90 valence electrons. The summed E-state index contributed by atoms with van der Waals surface area (Å²) in [6.07, 6.45) is 0.737. The molecule has 18 heavy (non-hydrogen) atoms. The van der Waals surface area contributed by atoms with E-state index in [-0.39, 0.29) is 23.7 Å². The smallest absolute Gasteiger partial charge is 0.233 e. The van der Waals surface area contributed by atoms with Crippen LogP contribution in [0, 0.1) is 30.1 Å². The number of rotatable bonds is 2. The van der Waals surface area contributed by atoms with E-state index in [1.54, 1.807) is 12.1 Å². The molecule has 2 fully saturated rings. The molecule has 0 aromatic heterocycles. The van der Waals surface area contributed by atoms with E-state index in [1.165, 1.54) is 4.90 Å². The predicted molar refractivity (Wildman–Crippen MR) is 63.0 cm³/mol. The Morgan fingerprint density at radius 1 is 1.33 bits per heavy atom. The van der Waals surface area contributed by atoms with Crippen molar-refractivity contribution in [2.24, 2.45) is 11.8 Å². The monoisotopic (exact) mass is 240 g/mol. The Balaban J connectivity index is 1.83. The molecule has 2 aliphatic rings. The summed E-state index contributed by atoms with van der Waals surface area (Å²) in [5, 5.41) is 8.79. The molecule has 2 atom stereocenters. The van der Waals surface area contributed by atoms with Crippen molar-refractivity contribution >= 4 is 11.8 Å². The van der Waals surface area contributed by atoms with Crippen LogP contribution in [0.25, 0.3) is 0 Å². The van der Waals surface area contributed by atoms with Crippen LogP contribution in [-0.2, 0) is 16.1 Å². The Morgan fingerprint density at radius 3 is 2.56 bits per heavy atom. The van der Waals surface area contributed by atoms with E-state index in [9.17, 15) is 9.59 Å². The van der Waals surface area contributed by atoms with Crippen molar-refractivity contribution in [1.82, 2.24) is 4.90 Å². The maximum Gasteiger partial charge on any atom is 0.233 e. The zero-order valence-electron chi connectivity index (χ0n) is 10.0. The number of nitriles is 1. The highest BCUT2D eigenvalue weighted by molar-refractivity contribution is 6.08. The molecule has 2 unspecified atom stereocenters. The Kier molecular flexibility index (Phi) is 2.24. The number of likely N-dealkylation sites (tertiary alicyclic amines) is 1. The second-order valence-electron chi connectivity index (χ2n) is 4.96. The topological polar surface area (TPSA) is 61.2 Å².